The van der Waals surface area contributed by atoms with E-state index in [1.807, 2.05) is 24.3 Å². The van der Waals surface area contributed by atoms with Crippen molar-refractivity contribution >= 4 is 11.1 Å². The molecule has 0 fully saturated rings. The molecular weight excluding hydrogens is 368 g/mol. The summed E-state index contributed by atoms with van der Waals surface area (Å²) in [7, 11) is 3.41. The Bertz CT molecular complexity index is 920. The van der Waals surface area contributed by atoms with E-state index in [0.717, 1.165) is 24.3 Å². The molecule has 0 aliphatic heterocycles. The third kappa shape index (κ3) is 4.94. The zero-order valence-electron chi connectivity index (χ0n) is 19.0. The molecule has 30 heavy (non-hydrogen) atoms. The second-order valence-electron chi connectivity index (χ2n) is 8.12. The Hall–Kier alpha value is -3.00. The fourth-order valence-corrected chi connectivity index (χ4v) is 3.81. The predicted molar refractivity (Wildman–Crippen MR) is 128 cm³/mol. The van der Waals surface area contributed by atoms with Crippen molar-refractivity contribution < 1.29 is 9.47 Å². The van der Waals surface area contributed by atoms with E-state index >= 15 is 0 Å². The van der Waals surface area contributed by atoms with Crippen LogP contribution in [-0.4, -0.2) is 14.2 Å². The summed E-state index contributed by atoms with van der Waals surface area (Å²) >= 11 is 0. The number of hydrogen-bond acceptors (Lipinski definition) is 2. The molecule has 3 rings (SSSR count). The third-order valence-electron chi connectivity index (χ3n) is 5.59. The first-order valence-corrected chi connectivity index (χ1v) is 10.5. The van der Waals surface area contributed by atoms with Gasteiger partial charge in [0.1, 0.15) is 11.5 Å². The molecule has 2 aromatic carbocycles. The van der Waals surface area contributed by atoms with E-state index < -0.39 is 0 Å². The number of ether oxygens (including phenoxy) is 2. The Kier molecular flexibility index (Phi) is 6.99. The lowest BCUT2D eigenvalue weighted by atomic mass is 9.85. The van der Waals surface area contributed by atoms with Crippen LogP contribution in [0.3, 0.4) is 0 Å². The monoisotopic (exact) mass is 400 g/mol. The number of rotatable bonds is 4. The van der Waals surface area contributed by atoms with E-state index in [0.29, 0.717) is 0 Å². The largest absolute Gasteiger partial charge is 0.497 e. The van der Waals surface area contributed by atoms with Gasteiger partial charge >= 0.3 is 0 Å². The van der Waals surface area contributed by atoms with Gasteiger partial charge < -0.3 is 9.47 Å². The topological polar surface area (TPSA) is 18.5 Å². The van der Waals surface area contributed by atoms with Crippen molar-refractivity contribution in [3.63, 3.8) is 0 Å². The first-order valence-electron chi connectivity index (χ1n) is 10.5. The van der Waals surface area contributed by atoms with Gasteiger partial charge in [-0.15, -0.1) is 0 Å². The van der Waals surface area contributed by atoms with E-state index in [-0.39, 0.29) is 0 Å². The second kappa shape index (κ2) is 9.67. The Balaban J connectivity index is 2.10. The van der Waals surface area contributed by atoms with Crippen molar-refractivity contribution in [3.05, 3.63) is 94.1 Å². The first-order chi connectivity index (χ1) is 14.4. The molecule has 2 heteroatoms. The lowest BCUT2D eigenvalue weighted by Gasteiger charge is -2.20. The molecule has 2 aromatic rings. The quantitative estimate of drug-likeness (QED) is 0.525. The third-order valence-corrected chi connectivity index (χ3v) is 5.59. The maximum absolute atomic E-state index is 5.35. The minimum Gasteiger partial charge on any atom is -0.497 e. The van der Waals surface area contributed by atoms with Crippen LogP contribution in [0.25, 0.3) is 11.1 Å². The van der Waals surface area contributed by atoms with Crippen molar-refractivity contribution in [2.24, 2.45) is 0 Å². The zero-order chi connectivity index (χ0) is 21.7. The van der Waals surface area contributed by atoms with Crippen molar-refractivity contribution in [2.75, 3.05) is 14.2 Å². The van der Waals surface area contributed by atoms with E-state index in [4.69, 9.17) is 9.47 Å². The van der Waals surface area contributed by atoms with E-state index in [1.54, 1.807) is 14.2 Å². The Morgan fingerprint density at radius 1 is 0.567 bits per heavy atom. The van der Waals surface area contributed by atoms with Crippen LogP contribution in [0.2, 0.25) is 0 Å². The van der Waals surface area contributed by atoms with Gasteiger partial charge in [-0.3, -0.25) is 0 Å². The standard InChI is InChI=1S/C28H32O2/c1-19(2)27-17-23(21-9-13-25(29-5)14-10-21)7-8-24(18-28(27)20(3)4)22-11-15-26(30-6)16-12-22/h9-18H,7-8H2,1-6H3/b23-17+,24-18+. The summed E-state index contributed by atoms with van der Waals surface area (Å²) in [5.74, 6) is 1.77. The predicted octanol–water partition coefficient (Wildman–Crippen LogP) is 7.64. The Morgan fingerprint density at radius 3 is 1.17 bits per heavy atom. The molecule has 0 unspecified atom stereocenters. The average molecular weight is 401 g/mol. The van der Waals surface area contributed by atoms with Gasteiger partial charge in [-0.25, -0.2) is 0 Å². The van der Waals surface area contributed by atoms with E-state index in [1.165, 1.54) is 44.6 Å². The van der Waals surface area contributed by atoms with Crippen molar-refractivity contribution in [2.45, 2.75) is 40.5 Å². The van der Waals surface area contributed by atoms with Gasteiger partial charge in [0.25, 0.3) is 0 Å². The van der Waals surface area contributed by atoms with Gasteiger partial charge in [0.05, 0.1) is 14.2 Å². The molecule has 0 heterocycles. The molecule has 0 N–H and O–H groups in total. The average Bonchev–Trinajstić information content (AvgIpc) is 2.74. The fourth-order valence-electron chi connectivity index (χ4n) is 3.81. The fraction of sp³-hybridized carbons (Fsp3) is 0.286. The molecule has 0 atom stereocenters. The lowest BCUT2D eigenvalue weighted by molar-refractivity contribution is 0.414. The van der Waals surface area contributed by atoms with Gasteiger partial charge in [0.2, 0.25) is 0 Å². The minimum atomic E-state index is 0.886. The summed E-state index contributed by atoms with van der Waals surface area (Å²) in [5.41, 5.74) is 10.5. The van der Waals surface area contributed by atoms with Crippen molar-refractivity contribution in [1.82, 2.24) is 0 Å². The van der Waals surface area contributed by atoms with Gasteiger partial charge in [0.15, 0.2) is 0 Å². The molecule has 0 spiro atoms. The summed E-state index contributed by atoms with van der Waals surface area (Å²) < 4.78 is 10.7. The molecule has 0 aromatic heterocycles. The van der Waals surface area contributed by atoms with Crippen molar-refractivity contribution in [1.29, 1.82) is 0 Å². The zero-order valence-corrected chi connectivity index (χ0v) is 19.0. The van der Waals surface area contributed by atoms with Gasteiger partial charge in [0, 0.05) is 0 Å². The maximum atomic E-state index is 5.35. The number of hydrogen-bond donors (Lipinski definition) is 0. The van der Waals surface area contributed by atoms with Crippen LogP contribution in [0.4, 0.5) is 0 Å². The summed E-state index contributed by atoms with van der Waals surface area (Å²) in [5, 5.41) is 0. The van der Waals surface area contributed by atoms with Gasteiger partial charge in [-0.1, -0.05) is 47.6 Å². The first kappa shape index (κ1) is 21.7. The highest BCUT2D eigenvalue weighted by atomic mass is 16.5. The molecule has 0 bridgehead atoms. The molecule has 0 saturated heterocycles. The van der Waals surface area contributed by atoms with Gasteiger partial charge in [-0.2, -0.15) is 0 Å². The normalized spacial score (nSPS) is 17.8. The van der Waals surface area contributed by atoms with E-state index in [2.05, 4.69) is 64.1 Å². The SMILES string of the molecule is COc1ccc(/C2=C/C(=C(C)C)C(=C(C)C)/C=C(/c3ccc(OC)cc3)CC2)cc1. The molecule has 0 radical (unpaired) electrons. The van der Waals surface area contributed by atoms with Crippen LogP contribution in [0.15, 0.2) is 83.0 Å². The molecule has 156 valence electrons. The Morgan fingerprint density at radius 2 is 0.900 bits per heavy atom. The number of allylic oxidation sites excluding steroid dienone is 8. The summed E-state index contributed by atoms with van der Waals surface area (Å²) in [6.45, 7) is 8.79. The number of benzene rings is 2. The molecular formula is C28H32O2. The van der Waals surface area contributed by atoms with E-state index in [9.17, 15) is 0 Å². The van der Waals surface area contributed by atoms with Gasteiger partial charge in [-0.05, 0) is 98.2 Å². The highest BCUT2D eigenvalue weighted by Crippen LogP contribution is 2.36. The molecule has 0 saturated carbocycles. The van der Waals surface area contributed by atoms with Crippen LogP contribution in [0.1, 0.15) is 51.7 Å². The highest BCUT2D eigenvalue weighted by molar-refractivity contribution is 5.79. The van der Waals surface area contributed by atoms with Crippen LogP contribution < -0.4 is 9.47 Å². The summed E-state index contributed by atoms with van der Waals surface area (Å²) in [4.78, 5) is 0. The molecule has 1 aliphatic rings. The van der Waals surface area contributed by atoms with Crippen LogP contribution in [0.5, 0.6) is 11.5 Å². The Labute approximate surface area is 181 Å². The van der Waals surface area contributed by atoms with Crippen LogP contribution in [-0.2, 0) is 0 Å². The molecule has 2 nitrogen and oxygen atoms in total. The smallest absolute Gasteiger partial charge is 0.118 e. The lowest BCUT2D eigenvalue weighted by Crippen LogP contribution is -1.99. The maximum Gasteiger partial charge on any atom is 0.118 e. The summed E-state index contributed by atoms with van der Waals surface area (Å²) in [6, 6.07) is 16.8. The highest BCUT2D eigenvalue weighted by Gasteiger charge is 2.15. The molecule has 0 amide bonds. The number of methoxy groups -OCH3 is 2. The molecule has 1 aliphatic carbocycles. The minimum absolute atomic E-state index is 0.886. The van der Waals surface area contributed by atoms with Crippen LogP contribution >= 0.6 is 0 Å². The second-order valence-corrected chi connectivity index (χ2v) is 8.12. The van der Waals surface area contributed by atoms with Crippen LogP contribution in [0, 0.1) is 0 Å². The van der Waals surface area contributed by atoms with Crippen molar-refractivity contribution in [3.8, 4) is 11.5 Å². The summed E-state index contributed by atoms with van der Waals surface area (Å²) in [6.07, 6.45) is 6.72.